The number of pyridine rings is 1. The Labute approximate surface area is 176 Å². The number of nitrogens with two attached hydrogens (primary N) is 1. The summed E-state index contributed by atoms with van der Waals surface area (Å²) in [4.78, 5) is 15.9. The minimum Gasteiger partial charge on any atom is -0.459 e. The molecule has 0 spiro atoms. The maximum absolute atomic E-state index is 6.10. The molecule has 0 aromatic carbocycles. The zero-order chi connectivity index (χ0) is 21.1. The average molecular weight is 411 g/mol. The summed E-state index contributed by atoms with van der Waals surface area (Å²) in [5.41, 5.74) is 9.80. The van der Waals surface area contributed by atoms with Crippen molar-refractivity contribution >= 4 is 17.3 Å². The van der Waals surface area contributed by atoms with Crippen molar-refractivity contribution in [1.82, 2.24) is 29.9 Å². The van der Waals surface area contributed by atoms with Crippen LogP contribution < -0.4 is 20.7 Å². The number of rotatable bonds is 7. The van der Waals surface area contributed by atoms with Gasteiger partial charge in [-0.3, -0.25) is 0 Å². The quantitative estimate of drug-likeness (QED) is 0.609. The number of piperazine rings is 1. The lowest BCUT2D eigenvalue weighted by molar-refractivity contribution is 0.189. The monoisotopic (exact) mass is 410 g/mol. The Morgan fingerprint density at radius 3 is 2.80 bits per heavy atom. The first-order valence-corrected chi connectivity index (χ1v) is 10.6. The van der Waals surface area contributed by atoms with Crippen LogP contribution in [0.4, 0.5) is 11.6 Å². The van der Waals surface area contributed by atoms with E-state index in [2.05, 4.69) is 45.2 Å². The number of ether oxygens (including phenoxy) is 1. The predicted molar refractivity (Wildman–Crippen MR) is 117 cm³/mol. The highest BCUT2D eigenvalue weighted by Gasteiger charge is 2.16. The van der Waals surface area contributed by atoms with Crippen molar-refractivity contribution in [2.45, 2.75) is 46.1 Å². The molecule has 1 fully saturated rings. The molecule has 1 atom stereocenters. The van der Waals surface area contributed by atoms with E-state index < -0.39 is 0 Å². The molecule has 3 aromatic heterocycles. The van der Waals surface area contributed by atoms with Gasteiger partial charge in [0.25, 0.3) is 0 Å². The van der Waals surface area contributed by atoms with Crippen molar-refractivity contribution in [3.63, 3.8) is 0 Å². The van der Waals surface area contributed by atoms with E-state index in [4.69, 9.17) is 15.5 Å². The van der Waals surface area contributed by atoms with Gasteiger partial charge in [-0.1, -0.05) is 19.4 Å². The standard InChI is InChI=1S/C21H30N8O/c1-4-5-15(3)30-21-26-18(22)20-25-17(13-29(20)27-21)11-16-10-14(2)19(24-12-16)28-8-6-23-7-9-28/h10,12-13,15,23H,4-9,11H2,1-3H3,(H2,22,26,27). The van der Waals surface area contributed by atoms with Crippen molar-refractivity contribution in [1.29, 1.82) is 0 Å². The molecule has 4 rings (SSSR count). The smallest absolute Gasteiger partial charge is 0.336 e. The highest BCUT2D eigenvalue weighted by Crippen LogP contribution is 2.21. The van der Waals surface area contributed by atoms with Crippen LogP contribution in [0.1, 0.15) is 43.5 Å². The van der Waals surface area contributed by atoms with Gasteiger partial charge < -0.3 is 20.7 Å². The summed E-state index contributed by atoms with van der Waals surface area (Å²) in [6.07, 6.45) is 6.48. The van der Waals surface area contributed by atoms with E-state index >= 15 is 0 Å². The zero-order valence-corrected chi connectivity index (χ0v) is 17.9. The summed E-state index contributed by atoms with van der Waals surface area (Å²) in [7, 11) is 0. The maximum Gasteiger partial charge on any atom is 0.336 e. The highest BCUT2D eigenvalue weighted by atomic mass is 16.5. The van der Waals surface area contributed by atoms with Crippen molar-refractivity contribution in [2.24, 2.45) is 0 Å². The molecule has 1 aliphatic rings. The van der Waals surface area contributed by atoms with E-state index in [1.165, 1.54) is 5.56 Å². The number of nitrogens with zero attached hydrogens (tertiary/aromatic N) is 6. The van der Waals surface area contributed by atoms with Gasteiger partial charge in [0.1, 0.15) is 5.82 Å². The summed E-state index contributed by atoms with van der Waals surface area (Å²) in [5, 5.41) is 7.80. The van der Waals surface area contributed by atoms with Crippen molar-refractivity contribution < 1.29 is 4.74 Å². The van der Waals surface area contributed by atoms with Crippen LogP contribution >= 0.6 is 0 Å². The van der Waals surface area contributed by atoms with Crippen LogP contribution in [0.3, 0.4) is 0 Å². The van der Waals surface area contributed by atoms with Gasteiger partial charge in [-0.2, -0.15) is 4.98 Å². The fraction of sp³-hybridized carbons (Fsp3) is 0.524. The third kappa shape index (κ3) is 4.46. The number of nitrogens with one attached hydrogen (secondary N) is 1. The minimum absolute atomic E-state index is 0.0399. The molecule has 9 heteroatoms. The second kappa shape index (κ2) is 8.83. The summed E-state index contributed by atoms with van der Waals surface area (Å²) in [6.45, 7) is 10.2. The van der Waals surface area contributed by atoms with E-state index in [1.54, 1.807) is 4.52 Å². The lowest BCUT2D eigenvalue weighted by Gasteiger charge is -2.29. The Balaban J connectivity index is 1.52. The number of anilines is 2. The SMILES string of the molecule is CCCC(C)Oc1nc(N)c2nc(Cc3cnc(N4CCNCC4)c(C)c3)cn2n1. The van der Waals surface area contributed by atoms with Gasteiger partial charge in [-0.25, -0.2) is 14.5 Å². The minimum atomic E-state index is 0.0399. The van der Waals surface area contributed by atoms with Gasteiger partial charge >= 0.3 is 6.01 Å². The summed E-state index contributed by atoms with van der Waals surface area (Å²) >= 11 is 0. The van der Waals surface area contributed by atoms with E-state index in [0.29, 0.717) is 17.9 Å². The van der Waals surface area contributed by atoms with Crippen LogP contribution in [-0.4, -0.2) is 56.8 Å². The molecule has 30 heavy (non-hydrogen) atoms. The molecule has 0 saturated carbocycles. The topological polar surface area (TPSA) is 106 Å². The average Bonchev–Trinajstić information content (AvgIpc) is 3.12. The third-order valence-electron chi connectivity index (χ3n) is 5.29. The molecule has 1 aliphatic heterocycles. The van der Waals surface area contributed by atoms with Crippen LogP contribution in [0.2, 0.25) is 0 Å². The van der Waals surface area contributed by atoms with Gasteiger partial charge in [0.15, 0.2) is 11.5 Å². The Hall–Kier alpha value is -2.94. The summed E-state index contributed by atoms with van der Waals surface area (Å²) < 4.78 is 7.44. The largest absolute Gasteiger partial charge is 0.459 e. The fourth-order valence-corrected chi connectivity index (χ4v) is 3.86. The van der Waals surface area contributed by atoms with Crippen LogP contribution in [-0.2, 0) is 6.42 Å². The Morgan fingerprint density at radius 1 is 1.27 bits per heavy atom. The second-order valence-corrected chi connectivity index (χ2v) is 7.90. The molecular formula is C21H30N8O. The fourth-order valence-electron chi connectivity index (χ4n) is 3.86. The van der Waals surface area contributed by atoms with Crippen LogP contribution in [0, 0.1) is 6.92 Å². The lowest BCUT2D eigenvalue weighted by Crippen LogP contribution is -2.44. The molecule has 4 heterocycles. The van der Waals surface area contributed by atoms with E-state index in [9.17, 15) is 0 Å². The van der Waals surface area contributed by atoms with Gasteiger partial charge in [0.2, 0.25) is 0 Å². The zero-order valence-electron chi connectivity index (χ0n) is 17.9. The molecule has 3 N–H and O–H groups in total. The maximum atomic E-state index is 6.10. The molecule has 3 aromatic rings. The number of fused-ring (bicyclic) bond motifs is 1. The van der Waals surface area contributed by atoms with E-state index in [-0.39, 0.29) is 12.1 Å². The number of hydrogen-bond donors (Lipinski definition) is 2. The molecule has 1 saturated heterocycles. The van der Waals surface area contributed by atoms with Crippen LogP contribution in [0.25, 0.3) is 5.65 Å². The Kier molecular flexibility index (Phi) is 5.98. The van der Waals surface area contributed by atoms with Gasteiger partial charge in [0.05, 0.1) is 18.0 Å². The second-order valence-electron chi connectivity index (χ2n) is 7.90. The van der Waals surface area contributed by atoms with Crippen molar-refractivity contribution in [3.05, 3.63) is 35.3 Å². The van der Waals surface area contributed by atoms with E-state index in [1.807, 2.05) is 19.3 Å². The molecular weight excluding hydrogens is 380 g/mol. The normalized spacial score (nSPS) is 15.5. The molecule has 160 valence electrons. The molecule has 9 nitrogen and oxygen atoms in total. The number of imidazole rings is 1. The summed E-state index contributed by atoms with van der Waals surface area (Å²) in [5.74, 6) is 1.38. The number of nitrogen functional groups attached to an aromatic ring is 1. The Bertz CT molecular complexity index is 1010. The first-order chi connectivity index (χ1) is 14.5. The molecule has 0 radical (unpaired) electrons. The van der Waals surface area contributed by atoms with E-state index in [0.717, 1.165) is 56.1 Å². The summed E-state index contributed by atoms with van der Waals surface area (Å²) in [6, 6.07) is 2.47. The first kappa shape index (κ1) is 20.3. The predicted octanol–water partition coefficient (Wildman–Crippen LogP) is 1.98. The number of hydrogen-bond acceptors (Lipinski definition) is 8. The van der Waals surface area contributed by atoms with Crippen LogP contribution in [0.5, 0.6) is 6.01 Å². The molecule has 1 unspecified atom stereocenters. The number of aromatic nitrogens is 5. The van der Waals surface area contributed by atoms with Gasteiger partial charge in [0, 0.05) is 38.8 Å². The lowest BCUT2D eigenvalue weighted by atomic mass is 10.1. The molecule has 0 amide bonds. The van der Waals surface area contributed by atoms with Gasteiger partial charge in [-0.05, 0) is 31.4 Å². The number of aryl methyl sites for hydroxylation is 1. The highest BCUT2D eigenvalue weighted by molar-refractivity contribution is 5.59. The molecule has 0 bridgehead atoms. The molecule has 0 aliphatic carbocycles. The third-order valence-corrected chi connectivity index (χ3v) is 5.29. The van der Waals surface area contributed by atoms with Crippen LogP contribution in [0.15, 0.2) is 18.5 Å². The van der Waals surface area contributed by atoms with Crippen molar-refractivity contribution in [3.8, 4) is 6.01 Å². The Morgan fingerprint density at radius 2 is 2.07 bits per heavy atom. The van der Waals surface area contributed by atoms with Gasteiger partial charge in [-0.15, -0.1) is 5.10 Å². The van der Waals surface area contributed by atoms with Crippen molar-refractivity contribution in [2.75, 3.05) is 36.8 Å². The first-order valence-electron chi connectivity index (χ1n) is 10.6.